The molecule has 0 unspecified atom stereocenters. The van der Waals surface area contributed by atoms with Crippen molar-refractivity contribution in [2.24, 2.45) is 5.92 Å². The van der Waals surface area contributed by atoms with Gasteiger partial charge in [0, 0.05) is 24.2 Å². The van der Waals surface area contributed by atoms with E-state index in [1.807, 2.05) is 31.2 Å². The molecule has 0 spiro atoms. The minimum Gasteiger partial charge on any atom is -0.486 e. The number of aromatic nitrogens is 1. The zero-order valence-electron chi connectivity index (χ0n) is 15.6. The Balaban J connectivity index is 1.32. The number of ether oxygens (including phenoxy) is 2. The Labute approximate surface area is 159 Å². The van der Waals surface area contributed by atoms with Crippen molar-refractivity contribution in [3.05, 3.63) is 47.7 Å². The number of anilines is 1. The van der Waals surface area contributed by atoms with Crippen molar-refractivity contribution >= 4 is 11.7 Å². The third-order valence-electron chi connectivity index (χ3n) is 5.17. The van der Waals surface area contributed by atoms with E-state index in [1.165, 1.54) is 0 Å². The Morgan fingerprint density at radius 3 is 2.85 bits per heavy atom. The summed E-state index contributed by atoms with van der Waals surface area (Å²) in [6.45, 7) is 5.80. The number of carbonyl (C=O) groups is 1. The molecule has 1 amide bonds. The highest BCUT2D eigenvalue weighted by Crippen LogP contribution is 2.34. The van der Waals surface area contributed by atoms with Gasteiger partial charge in [-0.05, 0) is 56.6 Å². The second-order valence-corrected chi connectivity index (χ2v) is 7.20. The maximum atomic E-state index is 12.5. The predicted octanol–water partition coefficient (Wildman–Crippen LogP) is 3.01. The minimum absolute atomic E-state index is 0.0350. The molecule has 6 heteroatoms. The van der Waals surface area contributed by atoms with Gasteiger partial charge in [0.15, 0.2) is 11.5 Å². The third kappa shape index (κ3) is 4.22. The van der Waals surface area contributed by atoms with Crippen LogP contribution in [0, 0.1) is 12.8 Å². The number of hydrogen-bond donors (Lipinski definition) is 1. The van der Waals surface area contributed by atoms with E-state index in [0.29, 0.717) is 19.0 Å². The number of aryl methyl sites for hydroxylation is 1. The van der Waals surface area contributed by atoms with Crippen LogP contribution in [-0.2, 0) is 11.3 Å². The standard InChI is InChI=1S/C21H25N3O3/c1-15-5-8-22-19(13-15)23-21(25)16-6-9-24(10-7-16)14-17-3-2-4-18-20(17)27-12-11-26-18/h2-5,8,13,16H,6-7,9-12,14H2,1H3,(H,22,23,25). The first-order valence-electron chi connectivity index (χ1n) is 9.52. The Kier molecular flexibility index (Phi) is 5.25. The van der Waals surface area contributed by atoms with E-state index in [-0.39, 0.29) is 11.8 Å². The largest absolute Gasteiger partial charge is 0.486 e. The summed E-state index contributed by atoms with van der Waals surface area (Å²) in [5.41, 5.74) is 2.24. The van der Waals surface area contributed by atoms with E-state index in [9.17, 15) is 4.79 Å². The van der Waals surface area contributed by atoms with Gasteiger partial charge in [-0.1, -0.05) is 12.1 Å². The van der Waals surface area contributed by atoms with E-state index >= 15 is 0 Å². The number of carbonyl (C=O) groups excluding carboxylic acids is 1. The van der Waals surface area contributed by atoms with Crippen molar-refractivity contribution in [2.75, 3.05) is 31.6 Å². The third-order valence-corrected chi connectivity index (χ3v) is 5.17. The van der Waals surface area contributed by atoms with Crippen LogP contribution in [0.15, 0.2) is 36.5 Å². The van der Waals surface area contributed by atoms with Crippen LogP contribution in [0.1, 0.15) is 24.0 Å². The molecule has 0 aliphatic carbocycles. The number of hydrogen-bond acceptors (Lipinski definition) is 5. The lowest BCUT2D eigenvalue weighted by Crippen LogP contribution is -2.38. The lowest BCUT2D eigenvalue weighted by Gasteiger charge is -2.32. The van der Waals surface area contributed by atoms with E-state index < -0.39 is 0 Å². The van der Waals surface area contributed by atoms with Gasteiger partial charge in [0.2, 0.25) is 5.91 Å². The van der Waals surface area contributed by atoms with Gasteiger partial charge in [-0.2, -0.15) is 0 Å². The molecule has 0 radical (unpaired) electrons. The fourth-order valence-electron chi connectivity index (χ4n) is 3.69. The van der Waals surface area contributed by atoms with E-state index in [1.54, 1.807) is 6.20 Å². The number of fused-ring (bicyclic) bond motifs is 1. The Hall–Kier alpha value is -2.60. The molecule has 3 heterocycles. The average molecular weight is 367 g/mol. The van der Waals surface area contributed by atoms with Crippen LogP contribution >= 0.6 is 0 Å². The summed E-state index contributed by atoms with van der Waals surface area (Å²) in [5, 5.41) is 2.95. The number of likely N-dealkylation sites (tertiary alicyclic amines) is 1. The Bertz CT molecular complexity index is 816. The second kappa shape index (κ2) is 7.96. The smallest absolute Gasteiger partial charge is 0.228 e. The first kappa shape index (κ1) is 17.8. The molecule has 2 aromatic rings. The molecule has 142 valence electrons. The van der Waals surface area contributed by atoms with Gasteiger partial charge in [-0.15, -0.1) is 0 Å². The molecule has 6 nitrogen and oxygen atoms in total. The number of nitrogens with zero attached hydrogens (tertiary/aromatic N) is 2. The zero-order chi connectivity index (χ0) is 18.6. The normalized spacial score (nSPS) is 17.5. The van der Waals surface area contributed by atoms with Crippen molar-refractivity contribution < 1.29 is 14.3 Å². The molecule has 1 saturated heterocycles. The molecule has 1 aromatic carbocycles. The molecule has 2 aliphatic heterocycles. The quantitative estimate of drug-likeness (QED) is 0.900. The first-order valence-corrected chi connectivity index (χ1v) is 9.52. The average Bonchev–Trinajstić information content (AvgIpc) is 2.69. The molecule has 0 bridgehead atoms. The Morgan fingerprint density at radius 2 is 2.04 bits per heavy atom. The summed E-state index contributed by atoms with van der Waals surface area (Å²) in [6.07, 6.45) is 3.42. The van der Waals surface area contributed by atoms with Crippen molar-refractivity contribution in [1.82, 2.24) is 9.88 Å². The van der Waals surface area contributed by atoms with Crippen molar-refractivity contribution in [1.29, 1.82) is 0 Å². The van der Waals surface area contributed by atoms with E-state index in [2.05, 4.69) is 21.3 Å². The van der Waals surface area contributed by atoms with Gasteiger partial charge >= 0.3 is 0 Å². The molecule has 27 heavy (non-hydrogen) atoms. The summed E-state index contributed by atoms with van der Waals surface area (Å²) in [7, 11) is 0. The van der Waals surface area contributed by atoms with E-state index in [0.717, 1.165) is 55.1 Å². The summed E-state index contributed by atoms with van der Waals surface area (Å²) in [6, 6.07) is 9.88. The van der Waals surface area contributed by atoms with Gasteiger partial charge in [0.25, 0.3) is 0 Å². The molecule has 4 rings (SSSR count). The number of rotatable bonds is 4. The van der Waals surface area contributed by atoms with E-state index in [4.69, 9.17) is 9.47 Å². The topological polar surface area (TPSA) is 63.7 Å². The maximum absolute atomic E-state index is 12.5. The lowest BCUT2D eigenvalue weighted by molar-refractivity contribution is -0.121. The summed E-state index contributed by atoms with van der Waals surface area (Å²) >= 11 is 0. The molecule has 1 aromatic heterocycles. The van der Waals surface area contributed by atoms with Crippen molar-refractivity contribution in [2.45, 2.75) is 26.3 Å². The highest BCUT2D eigenvalue weighted by atomic mass is 16.6. The van der Waals surface area contributed by atoms with Crippen molar-refractivity contribution in [3.8, 4) is 11.5 Å². The summed E-state index contributed by atoms with van der Waals surface area (Å²) < 4.78 is 11.5. The monoisotopic (exact) mass is 367 g/mol. The number of para-hydroxylation sites is 1. The SMILES string of the molecule is Cc1ccnc(NC(=O)C2CCN(Cc3cccc4c3OCCO4)CC2)c1. The number of pyridine rings is 1. The lowest BCUT2D eigenvalue weighted by atomic mass is 9.95. The van der Waals surface area contributed by atoms with Crippen LogP contribution in [0.3, 0.4) is 0 Å². The molecular weight excluding hydrogens is 342 g/mol. The number of piperidine rings is 1. The molecular formula is C21H25N3O3. The van der Waals surface area contributed by atoms with Gasteiger partial charge in [0.1, 0.15) is 19.0 Å². The van der Waals surface area contributed by atoms with Crippen LogP contribution in [0.5, 0.6) is 11.5 Å². The van der Waals surface area contributed by atoms with Crippen molar-refractivity contribution in [3.63, 3.8) is 0 Å². The molecule has 0 saturated carbocycles. The van der Waals surface area contributed by atoms with Crippen LogP contribution in [-0.4, -0.2) is 42.1 Å². The van der Waals surface area contributed by atoms with Crippen LogP contribution in [0.25, 0.3) is 0 Å². The van der Waals surface area contributed by atoms with Crippen LogP contribution in [0.4, 0.5) is 5.82 Å². The molecule has 0 atom stereocenters. The zero-order valence-corrected chi connectivity index (χ0v) is 15.6. The van der Waals surface area contributed by atoms with Crippen LogP contribution < -0.4 is 14.8 Å². The Morgan fingerprint density at radius 1 is 1.22 bits per heavy atom. The van der Waals surface area contributed by atoms with Gasteiger partial charge in [0.05, 0.1) is 0 Å². The molecule has 1 N–H and O–H groups in total. The highest BCUT2D eigenvalue weighted by Gasteiger charge is 2.26. The fraction of sp³-hybridized carbons (Fsp3) is 0.429. The number of benzene rings is 1. The number of amides is 1. The van der Waals surface area contributed by atoms with Crippen LogP contribution in [0.2, 0.25) is 0 Å². The maximum Gasteiger partial charge on any atom is 0.228 e. The van der Waals surface area contributed by atoms with Gasteiger partial charge < -0.3 is 14.8 Å². The minimum atomic E-state index is 0.0350. The molecule has 2 aliphatic rings. The summed E-state index contributed by atoms with van der Waals surface area (Å²) in [4.78, 5) is 19.1. The number of nitrogens with one attached hydrogen (secondary N) is 1. The summed E-state index contributed by atoms with van der Waals surface area (Å²) in [5.74, 6) is 2.44. The fourth-order valence-corrected chi connectivity index (χ4v) is 3.69. The van der Waals surface area contributed by atoms with Gasteiger partial charge in [-0.25, -0.2) is 4.98 Å². The highest BCUT2D eigenvalue weighted by molar-refractivity contribution is 5.91. The second-order valence-electron chi connectivity index (χ2n) is 7.20. The molecule has 1 fully saturated rings. The van der Waals surface area contributed by atoms with Gasteiger partial charge in [-0.3, -0.25) is 9.69 Å². The first-order chi connectivity index (χ1) is 13.2. The predicted molar refractivity (Wildman–Crippen MR) is 103 cm³/mol.